The SMILES string of the molecule is Cc1cc(CCCCC(CO)(COOCCCc2cc(C)c(O)c(C)c2)COC(=O)CCc2cc(C)c(O)c(C)c2)cc(C)c1O. The van der Waals surface area contributed by atoms with Gasteiger partial charge in [-0.05, 0) is 130 Å². The van der Waals surface area contributed by atoms with Crippen molar-refractivity contribution in [3.05, 3.63) is 86.5 Å². The number of hydrogen-bond acceptors (Lipinski definition) is 8. The second-order valence-corrected chi connectivity index (χ2v) is 12.9. The molecule has 1 unspecified atom stereocenters. The molecule has 0 aromatic heterocycles. The van der Waals surface area contributed by atoms with E-state index >= 15 is 0 Å². The van der Waals surface area contributed by atoms with E-state index in [9.17, 15) is 25.2 Å². The molecule has 0 amide bonds. The van der Waals surface area contributed by atoms with Crippen molar-refractivity contribution in [2.24, 2.45) is 5.41 Å². The molecule has 3 aromatic carbocycles. The van der Waals surface area contributed by atoms with Crippen LogP contribution in [0, 0.1) is 47.0 Å². The molecule has 0 aliphatic carbocycles. The lowest BCUT2D eigenvalue weighted by Crippen LogP contribution is -2.37. The van der Waals surface area contributed by atoms with Crippen molar-refractivity contribution in [1.82, 2.24) is 0 Å². The lowest BCUT2D eigenvalue weighted by molar-refractivity contribution is -0.315. The summed E-state index contributed by atoms with van der Waals surface area (Å²) in [6.45, 7) is 11.4. The van der Waals surface area contributed by atoms with Crippen molar-refractivity contribution >= 4 is 5.97 Å². The molecule has 3 aromatic rings. The largest absolute Gasteiger partial charge is 0.507 e. The van der Waals surface area contributed by atoms with Crippen LogP contribution in [0.2, 0.25) is 0 Å². The molecule has 0 spiro atoms. The van der Waals surface area contributed by atoms with Gasteiger partial charge in [-0.1, -0.05) is 42.8 Å². The molecule has 0 saturated carbocycles. The van der Waals surface area contributed by atoms with Gasteiger partial charge in [-0.25, -0.2) is 9.78 Å². The van der Waals surface area contributed by atoms with Gasteiger partial charge in [0.25, 0.3) is 0 Å². The normalized spacial score (nSPS) is 12.7. The standard InChI is InChI=1S/C38H52O8/c1-25-16-31(17-26(2)35(25)41)10-7-8-14-38(22-39,23-44-34(40)13-12-33-20-29(5)37(43)30(6)21-33)24-46-45-15-9-11-32-18-27(3)36(42)28(4)19-32/h16-21,39,41-43H,7-15,22-24H2,1-6H3. The molecule has 0 radical (unpaired) electrons. The lowest BCUT2D eigenvalue weighted by Gasteiger charge is -2.30. The molecule has 0 fully saturated rings. The predicted octanol–water partition coefficient (Wildman–Crippen LogP) is 7.10. The maximum absolute atomic E-state index is 12.8. The summed E-state index contributed by atoms with van der Waals surface area (Å²) in [6, 6.07) is 11.7. The molecule has 0 aliphatic heterocycles. The summed E-state index contributed by atoms with van der Waals surface area (Å²) in [5, 5.41) is 40.7. The Bertz CT molecular complexity index is 1390. The molecular formula is C38H52O8. The van der Waals surface area contributed by atoms with E-state index in [-0.39, 0.29) is 38.0 Å². The summed E-state index contributed by atoms with van der Waals surface area (Å²) in [4.78, 5) is 23.9. The number of ether oxygens (including phenoxy) is 1. The van der Waals surface area contributed by atoms with Gasteiger partial charge in [0.15, 0.2) is 0 Å². The quantitative estimate of drug-likeness (QED) is 0.0504. The highest BCUT2D eigenvalue weighted by Gasteiger charge is 2.32. The van der Waals surface area contributed by atoms with Crippen LogP contribution in [0.15, 0.2) is 36.4 Å². The minimum atomic E-state index is -0.826. The highest BCUT2D eigenvalue weighted by molar-refractivity contribution is 5.69. The van der Waals surface area contributed by atoms with E-state index in [2.05, 4.69) is 0 Å². The molecule has 3 rings (SSSR count). The number of carbonyl (C=O) groups excluding carboxylic acids is 1. The molecule has 8 nitrogen and oxygen atoms in total. The first kappa shape index (κ1) is 36.9. The number of hydrogen-bond donors (Lipinski definition) is 4. The Morgan fingerprint density at radius 1 is 0.609 bits per heavy atom. The van der Waals surface area contributed by atoms with Gasteiger partial charge in [-0.3, -0.25) is 4.79 Å². The van der Waals surface area contributed by atoms with Crippen LogP contribution in [-0.4, -0.2) is 52.8 Å². The predicted molar refractivity (Wildman–Crippen MR) is 179 cm³/mol. The minimum Gasteiger partial charge on any atom is -0.507 e. The van der Waals surface area contributed by atoms with E-state index in [4.69, 9.17) is 14.5 Å². The fourth-order valence-corrected chi connectivity index (χ4v) is 5.87. The van der Waals surface area contributed by atoms with E-state index in [0.29, 0.717) is 37.4 Å². The smallest absolute Gasteiger partial charge is 0.306 e. The number of aliphatic hydroxyl groups is 1. The molecule has 0 saturated heterocycles. The number of aromatic hydroxyl groups is 3. The molecule has 1 atom stereocenters. The molecular weight excluding hydrogens is 584 g/mol. The number of phenolic OH excluding ortho intramolecular Hbond substituents is 3. The first-order valence-corrected chi connectivity index (χ1v) is 16.2. The number of benzene rings is 3. The Morgan fingerprint density at radius 2 is 1.04 bits per heavy atom. The van der Waals surface area contributed by atoms with Gasteiger partial charge in [0.1, 0.15) is 23.9 Å². The summed E-state index contributed by atoms with van der Waals surface area (Å²) in [7, 11) is 0. The zero-order valence-electron chi connectivity index (χ0n) is 28.4. The van der Waals surface area contributed by atoms with Crippen molar-refractivity contribution in [3.63, 3.8) is 0 Å². The average molecular weight is 637 g/mol. The zero-order chi connectivity index (χ0) is 33.9. The Labute approximate surface area is 273 Å². The van der Waals surface area contributed by atoms with Gasteiger partial charge in [-0.2, -0.15) is 0 Å². The van der Waals surface area contributed by atoms with Gasteiger partial charge < -0.3 is 25.2 Å². The second-order valence-electron chi connectivity index (χ2n) is 12.9. The Balaban J connectivity index is 1.55. The molecule has 4 N–H and O–H groups in total. The highest BCUT2D eigenvalue weighted by Crippen LogP contribution is 2.29. The number of esters is 1. The van der Waals surface area contributed by atoms with Crippen LogP contribution in [0.3, 0.4) is 0 Å². The number of unbranched alkanes of at least 4 members (excludes halogenated alkanes) is 1. The third kappa shape index (κ3) is 10.7. The van der Waals surface area contributed by atoms with E-state index < -0.39 is 5.41 Å². The number of aryl methyl sites for hydroxylation is 9. The number of aliphatic hydroxyl groups excluding tert-OH is 1. The highest BCUT2D eigenvalue weighted by atomic mass is 17.2. The first-order valence-electron chi connectivity index (χ1n) is 16.2. The Hall–Kier alpha value is -3.59. The van der Waals surface area contributed by atoms with Crippen LogP contribution >= 0.6 is 0 Å². The third-order valence-corrected chi connectivity index (χ3v) is 8.71. The number of carbonyl (C=O) groups is 1. The average Bonchev–Trinajstić information content (AvgIpc) is 3.02. The summed E-state index contributed by atoms with van der Waals surface area (Å²) in [6.07, 6.45) is 5.16. The van der Waals surface area contributed by atoms with Crippen LogP contribution in [0.25, 0.3) is 0 Å². The van der Waals surface area contributed by atoms with E-state index in [1.165, 1.54) is 0 Å². The minimum absolute atomic E-state index is 0.00279. The van der Waals surface area contributed by atoms with Crippen molar-refractivity contribution in [3.8, 4) is 17.2 Å². The molecule has 46 heavy (non-hydrogen) atoms. The lowest BCUT2D eigenvalue weighted by atomic mass is 9.84. The van der Waals surface area contributed by atoms with Gasteiger partial charge in [-0.15, -0.1) is 0 Å². The summed E-state index contributed by atoms with van der Waals surface area (Å²) in [5.41, 5.74) is 7.32. The van der Waals surface area contributed by atoms with E-state index in [1.54, 1.807) is 0 Å². The van der Waals surface area contributed by atoms with Gasteiger partial charge >= 0.3 is 5.97 Å². The third-order valence-electron chi connectivity index (χ3n) is 8.71. The van der Waals surface area contributed by atoms with Crippen LogP contribution in [-0.2, 0) is 38.6 Å². The topological polar surface area (TPSA) is 126 Å². The van der Waals surface area contributed by atoms with E-state index in [0.717, 1.165) is 75.8 Å². The van der Waals surface area contributed by atoms with Gasteiger partial charge in [0.2, 0.25) is 0 Å². The number of rotatable bonds is 18. The molecule has 0 aliphatic rings. The maximum Gasteiger partial charge on any atom is 0.306 e. The van der Waals surface area contributed by atoms with E-state index in [1.807, 2.05) is 77.9 Å². The van der Waals surface area contributed by atoms with Crippen molar-refractivity contribution < 1.29 is 39.7 Å². The number of phenols is 3. The Kier molecular flexibility index (Phi) is 13.9. The fourth-order valence-electron chi connectivity index (χ4n) is 5.87. The Morgan fingerprint density at radius 3 is 1.50 bits per heavy atom. The van der Waals surface area contributed by atoms with Crippen molar-refractivity contribution in [2.75, 3.05) is 26.4 Å². The molecule has 8 heteroatoms. The first-order chi connectivity index (χ1) is 21.8. The van der Waals surface area contributed by atoms with Crippen LogP contribution < -0.4 is 0 Å². The van der Waals surface area contributed by atoms with Crippen LogP contribution in [0.5, 0.6) is 17.2 Å². The van der Waals surface area contributed by atoms with Crippen molar-refractivity contribution in [1.29, 1.82) is 0 Å². The van der Waals surface area contributed by atoms with Crippen LogP contribution in [0.1, 0.15) is 82.2 Å². The molecule has 0 heterocycles. The molecule has 252 valence electrons. The molecule has 0 bridgehead atoms. The second kappa shape index (κ2) is 17.4. The summed E-state index contributed by atoms with van der Waals surface area (Å²) >= 11 is 0. The van der Waals surface area contributed by atoms with Crippen LogP contribution in [0.4, 0.5) is 0 Å². The zero-order valence-corrected chi connectivity index (χ0v) is 28.4. The summed E-state index contributed by atoms with van der Waals surface area (Å²) in [5.74, 6) is 0.549. The van der Waals surface area contributed by atoms with Gasteiger partial charge in [0, 0.05) is 6.42 Å². The summed E-state index contributed by atoms with van der Waals surface area (Å²) < 4.78 is 5.70. The van der Waals surface area contributed by atoms with Crippen molar-refractivity contribution in [2.45, 2.75) is 92.9 Å². The van der Waals surface area contributed by atoms with Gasteiger partial charge in [0.05, 0.1) is 25.2 Å². The monoisotopic (exact) mass is 636 g/mol. The fraction of sp³-hybridized carbons (Fsp3) is 0.500. The maximum atomic E-state index is 12.8.